The molecule has 0 aliphatic rings. The Bertz CT molecular complexity index is 1110. The number of thiophene rings is 1. The van der Waals surface area contributed by atoms with Crippen LogP contribution in [0.25, 0.3) is 10.2 Å². The highest BCUT2D eigenvalue weighted by Crippen LogP contribution is 2.25. The minimum Gasteiger partial charge on any atom is -0.494 e. The molecule has 0 radical (unpaired) electrons. The summed E-state index contributed by atoms with van der Waals surface area (Å²) in [7, 11) is 0. The molecule has 2 heterocycles. The van der Waals surface area contributed by atoms with E-state index in [9.17, 15) is 9.59 Å². The van der Waals surface area contributed by atoms with Gasteiger partial charge in [0.15, 0.2) is 0 Å². The van der Waals surface area contributed by atoms with Gasteiger partial charge in [0.2, 0.25) is 5.91 Å². The first kappa shape index (κ1) is 21.7. The van der Waals surface area contributed by atoms with Gasteiger partial charge in [0, 0.05) is 4.88 Å². The van der Waals surface area contributed by atoms with Gasteiger partial charge in [-0.15, -0.1) is 11.3 Å². The smallest absolute Gasteiger partial charge is 0.259 e. The number of hydrogen-bond donors (Lipinski definition) is 2. The topological polar surface area (TPSA) is 96.4 Å². The Hall–Kier alpha value is -3.00. The van der Waals surface area contributed by atoms with Gasteiger partial charge in [-0.25, -0.2) is 10.4 Å². The molecule has 0 saturated heterocycles. The predicted molar refractivity (Wildman–Crippen MR) is 121 cm³/mol. The largest absolute Gasteiger partial charge is 0.494 e. The molecule has 0 atom stereocenters. The number of hydrogen-bond acceptors (Lipinski definition) is 6. The van der Waals surface area contributed by atoms with Crippen LogP contribution in [0.5, 0.6) is 5.75 Å². The van der Waals surface area contributed by atoms with E-state index in [-0.39, 0.29) is 17.9 Å². The second-order valence-electron chi connectivity index (χ2n) is 7.55. The molecule has 30 heavy (non-hydrogen) atoms. The minimum atomic E-state index is -0.354. The molecule has 1 amide bonds. The van der Waals surface area contributed by atoms with E-state index in [0.29, 0.717) is 28.6 Å². The Labute approximate surface area is 179 Å². The van der Waals surface area contributed by atoms with E-state index in [2.05, 4.69) is 34.3 Å². The van der Waals surface area contributed by atoms with Gasteiger partial charge in [0.05, 0.1) is 24.6 Å². The Kier molecular flexibility index (Phi) is 6.99. The number of nitrogens with zero attached hydrogens (tertiary/aromatic N) is 2. The van der Waals surface area contributed by atoms with Gasteiger partial charge < -0.3 is 9.72 Å². The van der Waals surface area contributed by atoms with Gasteiger partial charge in [-0.05, 0) is 61.6 Å². The number of H-pyrrole nitrogens is 1. The van der Waals surface area contributed by atoms with Crippen LogP contribution in [0.2, 0.25) is 0 Å². The zero-order chi connectivity index (χ0) is 21.7. The molecule has 3 aromatic rings. The number of carbonyl (C=O) groups excluding carboxylic acids is 1. The monoisotopic (exact) mass is 426 g/mol. The second-order valence-corrected chi connectivity index (χ2v) is 8.75. The minimum absolute atomic E-state index is 0.0544. The number of aryl methyl sites for hydroxylation is 2. The van der Waals surface area contributed by atoms with Crippen molar-refractivity contribution in [1.29, 1.82) is 0 Å². The zero-order valence-electron chi connectivity index (χ0n) is 17.6. The van der Waals surface area contributed by atoms with Crippen LogP contribution in [0, 0.1) is 19.8 Å². The first-order valence-electron chi connectivity index (χ1n) is 9.87. The van der Waals surface area contributed by atoms with Crippen LogP contribution in [-0.2, 0) is 11.2 Å². The molecule has 8 heteroatoms. The van der Waals surface area contributed by atoms with Crippen LogP contribution < -0.4 is 15.7 Å². The van der Waals surface area contributed by atoms with E-state index < -0.39 is 0 Å². The lowest BCUT2D eigenvalue weighted by atomic mass is 10.1. The highest BCUT2D eigenvalue weighted by molar-refractivity contribution is 7.18. The number of hydrazone groups is 1. The van der Waals surface area contributed by atoms with Gasteiger partial charge in [0.1, 0.15) is 16.4 Å². The Morgan fingerprint density at radius 1 is 1.30 bits per heavy atom. The molecule has 0 spiro atoms. The summed E-state index contributed by atoms with van der Waals surface area (Å²) in [6.07, 6.45) is 2.51. The van der Waals surface area contributed by atoms with Crippen LogP contribution in [0.3, 0.4) is 0 Å². The van der Waals surface area contributed by atoms with E-state index in [0.717, 1.165) is 28.2 Å². The number of ether oxygens (including phenoxy) is 1. The van der Waals surface area contributed by atoms with Crippen molar-refractivity contribution in [2.45, 2.75) is 40.5 Å². The van der Waals surface area contributed by atoms with E-state index in [1.54, 1.807) is 6.21 Å². The van der Waals surface area contributed by atoms with Gasteiger partial charge in [-0.2, -0.15) is 5.10 Å². The number of rotatable bonds is 8. The molecule has 0 aliphatic heterocycles. The highest BCUT2D eigenvalue weighted by Gasteiger charge is 2.13. The van der Waals surface area contributed by atoms with Crippen LogP contribution in [0.1, 0.15) is 42.1 Å². The maximum atomic E-state index is 12.3. The van der Waals surface area contributed by atoms with Crippen molar-refractivity contribution in [3.8, 4) is 5.75 Å². The number of fused-ring (bicyclic) bond motifs is 1. The maximum Gasteiger partial charge on any atom is 0.259 e. The highest BCUT2D eigenvalue weighted by atomic mass is 32.1. The molecular weight excluding hydrogens is 400 g/mol. The van der Waals surface area contributed by atoms with Gasteiger partial charge >= 0.3 is 0 Å². The Morgan fingerprint density at radius 2 is 2.03 bits per heavy atom. The summed E-state index contributed by atoms with van der Waals surface area (Å²) < 4.78 is 5.68. The van der Waals surface area contributed by atoms with Crippen molar-refractivity contribution < 1.29 is 9.53 Å². The molecule has 7 nitrogen and oxygen atoms in total. The number of aromatic amines is 1. The lowest BCUT2D eigenvalue weighted by Crippen LogP contribution is -2.23. The van der Waals surface area contributed by atoms with E-state index in [1.807, 2.05) is 38.1 Å². The third kappa shape index (κ3) is 5.54. The summed E-state index contributed by atoms with van der Waals surface area (Å²) in [5.41, 5.74) is 4.02. The van der Waals surface area contributed by atoms with Crippen LogP contribution in [0.4, 0.5) is 0 Å². The summed E-state index contributed by atoms with van der Waals surface area (Å²) in [5.74, 6) is 1.38. The average Bonchev–Trinajstić information content (AvgIpc) is 2.97. The lowest BCUT2D eigenvalue weighted by Gasteiger charge is -2.07. The maximum absolute atomic E-state index is 12.3. The number of aromatic nitrogens is 2. The van der Waals surface area contributed by atoms with Crippen molar-refractivity contribution in [2.24, 2.45) is 11.0 Å². The van der Waals surface area contributed by atoms with Gasteiger partial charge in [0.25, 0.3) is 5.56 Å². The lowest BCUT2D eigenvalue weighted by molar-refractivity contribution is -0.120. The molecular formula is C22H26N4O3S. The van der Waals surface area contributed by atoms with E-state index in [1.165, 1.54) is 11.3 Å². The van der Waals surface area contributed by atoms with Gasteiger partial charge in [-0.3, -0.25) is 9.59 Å². The summed E-state index contributed by atoms with van der Waals surface area (Å²) in [6.45, 7) is 8.86. The fraction of sp³-hybridized carbons (Fsp3) is 0.364. The number of nitrogens with one attached hydrogen (secondary N) is 2. The molecule has 3 rings (SSSR count). The quantitative estimate of drug-likeness (QED) is 0.424. The zero-order valence-corrected chi connectivity index (χ0v) is 18.4. The normalized spacial score (nSPS) is 11.5. The first-order chi connectivity index (χ1) is 14.3. The van der Waals surface area contributed by atoms with Crippen molar-refractivity contribution in [3.63, 3.8) is 0 Å². The third-order valence-corrected chi connectivity index (χ3v) is 5.76. The fourth-order valence-electron chi connectivity index (χ4n) is 2.82. The molecule has 0 fully saturated rings. The van der Waals surface area contributed by atoms with Crippen molar-refractivity contribution >= 4 is 33.7 Å². The molecule has 158 valence electrons. The molecule has 0 saturated carbocycles. The second kappa shape index (κ2) is 9.67. The Balaban J connectivity index is 1.55. The van der Waals surface area contributed by atoms with Crippen LogP contribution in [0.15, 0.2) is 34.2 Å². The SMILES string of the molecule is Cc1sc2nc(CC(=O)N/N=C/c3ccc(OCCC(C)C)cc3)[nH]c(=O)c2c1C. The molecule has 0 bridgehead atoms. The number of carbonyl (C=O) groups is 1. The van der Waals surface area contributed by atoms with E-state index in [4.69, 9.17) is 4.74 Å². The standard InChI is InChI=1S/C22H26N4O3S/c1-13(2)9-10-29-17-7-5-16(6-8-17)12-23-26-19(27)11-18-24-21(28)20-14(3)15(4)30-22(20)25-18/h5-8,12-13H,9-11H2,1-4H3,(H,26,27)(H,24,25,28)/b23-12+. The van der Waals surface area contributed by atoms with Crippen molar-refractivity contribution in [2.75, 3.05) is 6.61 Å². The number of amides is 1. The predicted octanol–water partition coefficient (Wildman–Crippen LogP) is 3.72. The number of benzene rings is 1. The molecule has 0 aliphatic carbocycles. The average molecular weight is 427 g/mol. The van der Waals surface area contributed by atoms with Crippen LogP contribution >= 0.6 is 11.3 Å². The molecule has 0 unspecified atom stereocenters. The summed E-state index contributed by atoms with van der Waals surface area (Å²) in [6, 6.07) is 7.49. The summed E-state index contributed by atoms with van der Waals surface area (Å²) in [4.78, 5) is 33.2. The Morgan fingerprint density at radius 3 is 2.73 bits per heavy atom. The first-order valence-corrected chi connectivity index (χ1v) is 10.7. The molecule has 2 aromatic heterocycles. The van der Waals surface area contributed by atoms with E-state index >= 15 is 0 Å². The van der Waals surface area contributed by atoms with Crippen molar-refractivity contribution in [1.82, 2.24) is 15.4 Å². The fourth-order valence-corrected chi connectivity index (χ4v) is 3.86. The summed E-state index contributed by atoms with van der Waals surface area (Å²) >= 11 is 1.45. The molecule has 2 N–H and O–H groups in total. The van der Waals surface area contributed by atoms with Crippen molar-refractivity contribution in [3.05, 3.63) is 56.4 Å². The van der Waals surface area contributed by atoms with Gasteiger partial charge in [-0.1, -0.05) is 13.8 Å². The third-order valence-electron chi connectivity index (χ3n) is 4.66. The summed E-state index contributed by atoms with van der Waals surface area (Å²) in [5, 5.41) is 4.57. The van der Waals surface area contributed by atoms with Crippen LogP contribution in [-0.4, -0.2) is 28.7 Å². The molecule has 1 aromatic carbocycles.